The minimum absolute atomic E-state index is 0.226. The Morgan fingerprint density at radius 2 is 1.97 bits per heavy atom. The molecule has 0 aliphatic carbocycles. The van der Waals surface area contributed by atoms with Crippen LogP contribution in [0.4, 0.5) is 0 Å². The molecule has 0 amide bonds. The molecular weight excluding hydrogens is 432 g/mol. The highest BCUT2D eigenvalue weighted by Gasteiger charge is 2.22. The van der Waals surface area contributed by atoms with Crippen molar-refractivity contribution in [3.05, 3.63) is 64.7 Å². The predicted molar refractivity (Wildman–Crippen MR) is 119 cm³/mol. The van der Waals surface area contributed by atoms with E-state index in [1.165, 1.54) is 31.6 Å². The van der Waals surface area contributed by atoms with Gasteiger partial charge in [-0.3, -0.25) is 0 Å². The van der Waals surface area contributed by atoms with Crippen LogP contribution in [0.3, 0.4) is 0 Å². The highest BCUT2D eigenvalue weighted by atomic mass is 32.1. The predicted octanol–water partition coefficient (Wildman–Crippen LogP) is 4.67. The number of carbonyl (C=O) groups excluding carboxylic acids is 2. The van der Waals surface area contributed by atoms with E-state index in [-0.39, 0.29) is 17.0 Å². The number of aryl methyl sites for hydroxylation is 1. The van der Waals surface area contributed by atoms with E-state index in [1.807, 2.05) is 17.5 Å². The number of aromatic nitrogens is 2. The Kier molecular flexibility index (Phi) is 6.00. The fourth-order valence-electron chi connectivity index (χ4n) is 3.07. The van der Waals surface area contributed by atoms with Crippen molar-refractivity contribution in [2.24, 2.45) is 0 Å². The lowest BCUT2D eigenvalue weighted by molar-refractivity contribution is -0.134. The van der Waals surface area contributed by atoms with Gasteiger partial charge in [0.25, 0.3) is 5.71 Å². The van der Waals surface area contributed by atoms with Gasteiger partial charge in [0, 0.05) is 6.08 Å². The third kappa shape index (κ3) is 4.23. The van der Waals surface area contributed by atoms with Crippen LogP contribution < -0.4 is 9.47 Å². The summed E-state index contributed by atoms with van der Waals surface area (Å²) >= 11 is 1.50. The Hall–Kier alpha value is -3.98. The van der Waals surface area contributed by atoms with Crippen molar-refractivity contribution in [2.75, 3.05) is 14.2 Å². The van der Waals surface area contributed by atoms with Crippen LogP contribution in [0, 0.1) is 6.92 Å². The van der Waals surface area contributed by atoms with Crippen LogP contribution in [-0.2, 0) is 9.53 Å². The monoisotopic (exact) mass is 450 g/mol. The topological polar surface area (TPSA) is 101 Å². The zero-order chi connectivity index (χ0) is 22.7. The van der Waals surface area contributed by atoms with Gasteiger partial charge in [-0.2, -0.15) is 0 Å². The third-order valence-corrected chi connectivity index (χ3v) is 5.51. The summed E-state index contributed by atoms with van der Waals surface area (Å²) in [5, 5.41) is 6.36. The average Bonchev–Trinajstić information content (AvgIpc) is 3.48. The number of methoxy groups -OCH3 is 2. The van der Waals surface area contributed by atoms with Crippen molar-refractivity contribution in [1.29, 1.82) is 0 Å². The summed E-state index contributed by atoms with van der Waals surface area (Å²) in [6.07, 6.45) is 2.86. The van der Waals surface area contributed by atoms with Crippen molar-refractivity contribution < 1.29 is 28.3 Å². The second kappa shape index (κ2) is 9.03. The molecule has 32 heavy (non-hydrogen) atoms. The molecule has 8 nitrogen and oxygen atoms in total. The summed E-state index contributed by atoms with van der Waals surface area (Å²) in [5.41, 5.74) is 2.34. The van der Waals surface area contributed by atoms with Crippen LogP contribution in [0.5, 0.6) is 11.5 Å². The molecule has 1 aromatic carbocycles. The van der Waals surface area contributed by atoms with Gasteiger partial charge in [-0.05, 0) is 48.2 Å². The standard InChI is InChI=1S/C23H18N2O6S/c1-13-21-15(12-16(19-5-4-10-32-19)24-22(21)31-25-13)23(27)30-17-8-6-14(11-18(17)28-2)7-9-20(26)29-3/h4-12H,1-3H3/b9-7+. The SMILES string of the molecule is COC(=O)/C=C/c1ccc(OC(=O)c2cc(-c3cccs3)nc3onc(C)c23)c(OC)c1. The van der Waals surface area contributed by atoms with Crippen molar-refractivity contribution >= 4 is 40.5 Å². The summed E-state index contributed by atoms with van der Waals surface area (Å²) in [7, 11) is 2.76. The Labute approximate surface area is 187 Å². The maximum Gasteiger partial charge on any atom is 0.344 e. The number of carbonyl (C=O) groups is 2. The minimum atomic E-state index is -0.599. The second-order valence-corrected chi connectivity index (χ2v) is 7.58. The number of rotatable bonds is 6. The number of hydrogen-bond donors (Lipinski definition) is 0. The maximum atomic E-state index is 13.2. The van der Waals surface area contributed by atoms with Gasteiger partial charge in [-0.1, -0.05) is 17.3 Å². The van der Waals surface area contributed by atoms with Crippen LogP contribution in [0.15, 0.2) is 52.4 Å². The van der Waals surface area contributed by atoms with Crippen molar-refractivity contribution in [1.82, 2.24) is 10.1 Å². The first-order valence-electron chi connectivity index (χ1n) is 9.47. The molecule has 0 unspecified atom stereocenters. The van der Waals surface area contributed by atoms with Gasteiger partial charge >= 0.3 is 11.9 Å². The molecule has 0 bridgehead atoms. The lowest BCUT2D eigenvalue weighted by Crippen LogP contribution is -2.11. The van der Waals surface area contributed by atoms with E-state index in [4.69, 9.17) is 14.0 Å². The highest BCUT2D eigenvalue weighted by molar-refractivity contribution is 7.13. The summed E-state index contributed by atoms with van der Waals surface area (Å²) in [4.78, 5) is 29.8. The Balaban J connectivity index is 1.69. The molecule has 9 heteroatoms. The van der Waals surface area contributed by atoms with Crippen molar-refractivity contribution in [3.63, 3.8) is 0 Å². The van der Waals surface area contributed by atoms with Crippen molar-refractivity contribution in [3.8, 4) is 22.1 Å². The Morgan fingerprint density at radius 3 is 2.69 bits per heavy atom. The molecule has 4 aromatic rings. The van der Waals surface area contributed by atoms with Gasteiger partial charge in [0.1, 0.15) is 0 Å². The lowest BCUT2D eigenvalue weighted by atomic mass is 10.1. The molecule has 0 spiro atoms. The van der Waals surface area contributed by atoms with Crippen LogP contribution >= 0.6 is 11.3 Å². The molecule has 3 aromatic heterocycles. The first-order chi connectivity index (χ1) is 15.5. The number of nitrogens with zero attached hydrogens (tertiary/aromatic N) is 2. The van der Waals surface area contributed by atoms with Crippen LogP contribution in [-0.4, -0.2) is 36.3 Å². The van der Waals surface area contributed by atoms with E-state index in [2.05, 4.69) is 14.9 Å². The number of benzene rings is 1. The molecule has 4 rings (SSSR count). The molecule has 0 N–H and O–H groups in total. The summed E-state index contributed by atoms with van der Waals surface area (Å²) in [6, 6.07) is 10.4. The molecule has 0 saturated carbocycles. The van der Waals surface area contributed by atoms with E-state index < -0.39 is 11.9 Å². The van der Waals surface area contributed by atoms with E-state index in [9.17, 15) is 9.59 Å². The van der Waals surface area contributed by atoms with Crippen LogP contribution in [0.2, 0.25) is 0 Å². The lowest BCUT2D eigenvalue weighted by Gasteiger charge is -2.11. The quantitative estimate of drug-likeness (QED) is 0.237. The number of esters is 2. The van der Waals surface area contributed by atoms with Gasteiger partial charge < -0.3 is 18.7 Å². The van der Waals surface area contributed by atoms with Crippen LogP contribution in [0.1, 0.15) is 21.6 Å². The molecular formula is C23H18N2O6S. The Bertz CT molecular complexity index is 1320. The molecule has 0 aliphatic heterocycles. The second-order valence-electron chi connectivity index (χ2n) is 6.64. The van der Waals surface area contributed by atoms with Gasteiger partial charge in [-0.25, -0.2) is 14.6 Å². The zero-order valence-electron chi connectivity index (χ0n) is 17.4. The van der Waals surface area contributed by atoms with Gasteiger partial charge in [0.2, 0.25) is 0 Å². The maximum absolute atomic E-state index is 13.2. The molecule has 0 saturated heterocycles. The first kappa shape index (κ1) is 21.3. The van der Waals surface area contributed by atoms with E-state index in [1.54, 1.807) is 37.3 Å². The molecule has 162 valence electrons. The number of ether oxygens (including phenoxy) is 3. The number of hydrogen-bond acceptors (Lipinski definition) is 9. The minimum Gasteiger partial charge on any atom is -0.493 e. The smallest absolute Gasteiger partial charge is 0.344 e. The van der Waals surface area contributed by atoms with Gasteiger partial charge in [0.05, 0.1) is 41.4 Å². The fraction of sp³-hybridized carbons (Fsp3) is 0.130. The van der Waals surface area contributed by atoms with Crippen molar-refractivity contribution in [2.45, 2.75) is 6.92 Å². The third-order valence-electron chi connectivity index (χ3n) is 4.61. The highest BCUT2D eigenvalue weighted by Crippen LogP contribution is 2.33. The van der Waals surface area contributed by atoms with E-state index >= 15 is 0 Å². The van der Waals surface area contributed by atoms with Crippen LogP contribution in [0.25, 0.3) is 27.7 Å². The Morgan fingerprint density at radius 1 is 1.12 bits per heavy atom. The normalized spacial score (nSPS) is 11.1. The molecule has 0 fully saturated rings. The number of pyridine rings is 1. The van der Waals surface area contributed by atoms with Gasteiger partial charge in [-0.15, -0.1) is 11.3 Å². The summed E-state index contributed by atoms with van der Waals surface area (Å²) < 4.78 is 20.9. The molecule has 0 aliphatic rings. The fourth-order valence-corrected chi connectivity index (χ4v) is 3.75. The summed E-state index contributed by atoms with van der Waals surface area (Å²) in [6.45, 7) is 1.73. The molecule has 0 radical (unpaired) electrons. The zero-order valence-corrected chi connectivity index (χ0v) is 18.3. The van der Waals surface area contributed by atoms with Gasteiger partial charge in [0.15, 0.2) is 11.5 Å². The van der Waals surface area contributed by atoms with E-state index in [0.717, 1.165) is 4.88 Å². The van der Waals surface area contributed by atoms with E-state index in [0.29, 0.717) is 28.1 Å². The summed E-state index contributed by atoms with van der Waals surface area (Å²) in [5.74, 6) is -0.523. The number of thiophene rings is 1. The largest absolute Gasteiger partial charge is 0.493 e. The number of fused-ring (bicyclic) bond motifs is 1. The average molecular weight is 450 g/mol. The molecule has 0 atom stereocenters. The molecule has 3 heterocycles. The first-order valence-corrected chi connectivity index (χ1v) is 10.3.